The van der Waals surface area contributed by atoms with Gasteiger partial charge in [-0.25, -0.2) is 0 Å². The molecule has 7 nitrogen and oxygen atoms in total. The molecule has 29 heavy (non-hydrogen) atoms. The van der Waals surface area contributed by atoms with E-state index in [-0.39, 0.29) is 5.91 Å². The maximum atomic E-state index is 12.0. The lowest BCUT2D eigenvalue weighted by atomic mass is 10.1. The third-order valence-corrected chi connectivity index (χ3v) is 4.77. The highest BCUT2D eigenvalue weighted by Gasteiger charge is 2.06. The van der Waals surface area contributed by atoms with Crippen LogP contribution >= 0.6 is 0 Å². The van der Waals surface area contributed by atoms with E-state index in [0.29, 0.717) is 17.8 Å². The monoisotopic (exact) mass is 392 g/mol. The van der Waals surface area contributed by atoms with E-state index < -0.39 is 0 Å². The fourth-order valence-electron chi connectivity index (χ4n) is 3.07. The lowest BCUT2D eigenvalue weighted by Gasteiger charge is -2.07. The van der Waals surface area contributed by atoms with Crippen molar-refractivity contribution in [3.05, 3.63) is 54.5 Å². The number of aryl methyl sites for hydroxylation is 2. The zero-order valence-corrected chi connectivity index (χ0v) is 16.8. The highest BCUT2D eigenvalue weighted by molar-refractivity contribution is 5.93. The molecule has 1 aromatic carbocycles. The van der Waals surface area contributed by atoms with Gasteiger partial charge in [0, 0.05) is 30.4 Å². The van der Waals surface area contributed by atoms with Crippen LogP contribution < -0.4 is 11.1 Å². The SMILES string of the molecule is Cc1ccc(-c2cn(CCCCCCCC(=O)Nc3ccccc3N)nn2)cn1. The van der Waals surface area contributed by atoms with E-state index >= 15 is 0 Å². The molecule has 3 rings (SSSR count). The lowest BCUT2D eigenvalue weighted by molar-refractivity contribution is -0.116. The number of anilines is 2. The van der Waals surface area contributed by atoms with Crippen molar-refractivity contribution in [1.29, 1.82) is 0 Å². The van der Waals surface area contributed by atoms with Crippen LogP contribution in [0.15, 0.2) is 48.8 Å². The number of carbonyl (C=O) groups excluding carboxylic acids is 1. The van der Waals surface area contributed by atoms with Crippen molar-refractivity contribution >= 4 is 17.3 Å². The maximum absolute atomic E-state index is 12.0. The van der Waals surface area contributed by atoms with Gasteiger partial charge >= 0.3 is 0 Å². The van der Waals surface area contributed by atoms with Crippen molar-refractivity contribution in [3.8, 4) is 11.3 Å². The first kappa shape index (κ1) is 20.5. The summed E-state index contributed by atoms with van der Waals surface area (Å²) >= 11 is 0. The van der Waals surface area contributed by atoms with Crippen molar-refractivity contribution in [1.82, 2.24) is 20.0 Å². The number of pyridine rings is 1. The minimum Gasteiger partial charge on any atom is -0.397 e. The molecular weight excluding hydrogens is 364 g/mol. The minimum absolute atomic E-state index is 0.0173. The number of rotatable bonds is 10. The Morgan fingerprint density at radius 3 is 2.66 bits per heavy atom. The van der Waals surface area contributed by atoms with Gasteiger partial charge in [-0.3, -0.25) is 14.5 Å². The molecule has 152 valence electrons. The first-order chi connectivity index (χ1) is 14.1. The average Bonchev–Trinajstić information content (AvgIpc) is 3.18. The molecule has 2 heterocycles. The average molecular weight is 393 g/mol. The second-order valence-electron chi connectivity index (χ2n) is 7.21. The van der Waals surface area contributed by atoms with Crippen molar-refractivity contribution in [2.75, 3.05) is 11.1 Å². The molecule has 3 N–H and O–H groups in total. The Labute approximate surface area is 171 Å². The number of nitrogens with two attached hydrogens (primary N) is 1. The van der Waals surface area contributed by atoms with Crippen LogP contribution in [0.2, 0.25) is 0 Å². The minimum atomic E-state index is 0.0173. The number of nitrogen functional groups attached to an aromatic ring is 1. The summed E-state index contributed by atoms with van der Waals surface area (Å²) in [5, 5.41) is 11.3. The molecule has 7 heteroatoms. The Bertz CT molecular complexity index is 919. The zero-order valence-electron chi connectivity index (χ0n) is 16.8. The fourth-order valence-corrected chi connectivity index (χ4v) is 3.07. The van der Waals surface area contributed by atoms with Gasteiger partial charge in [0.1, 0.15) is 5.69 Å². The van der Waals surface area contributed by atoms with Crippen LogP contribution in [-0.4, -0.2) is 25.9 Å². The van der Waals surface area contributed by atoms with Crippen molar-refractivity contribution < 1.29 is 4.79 Å². The quantitative estimate of drug-likeness (QED) is 0.398. The zero-order chi connectivity index (χ0) is 20.5. The van der Waals surface area contributed by atoms with Gasteiger partial charge in [0.15, 0.2) is 0 Å². The number of amides is 1. The number of unbranched alkanes of at least 4 members (excludes halogenated alkanes) is 4. The number of para-hydroxylation sites is 2. The smallest absolute Gasteiger partial charge is 0.224 e. The lowest BCUT2D eigenvalue weighted by Crippen LogP contribution is -2.12. The van der Waals surface area contributed by atoms with Crippen molar-refractivity contribution in [2.45, 2.75) is 52.0 Å². The van der Waals surface area contributed by atoms with E-state index in [1.54, 1.807) is 6.07 Å². The van der Waals surface area contributed by atoms with Gasteiger partial charge < -0.3 is 11.1 Å². The first-order valence-corrected chi connectivity index (χ1v) is 10.1. The summed E-state index contributed by atoms with van der Waals surface area (Å²) in [7, 11) is 0. The molecule has 0 aliphatic rings. The van der Waals surface area contributed by atoms with E-state index in [2.05, 4.69) is 20.6 Å². The van der Waals surface area contributed by atoms with Crippen LogP contribution in [0.4, 0.5) is 11.4 Å². The topological polar surface area (TPSA) is 98.7 Å². The van der Waals surface area contributed by atoms with Gasteiger partial charge in [-0.1, -0.05) is 36.6 Å². The highest BCUT2D eigenvalue weighted by Crippen LogP contribution is 2.18. The molecule has 0 saturated heterocycles. The molecule has 0 unspecified atom stereocenters. The van der Waals surface area contributed by atoms with Crippen LogP contribution in [0.1, 0.15) is 44.2 Å². The Morgan fingerprint density at radius 1 is 1.07 bits per heavy atom. The molecule has 0 atom stereocenters. The first-order valence-electron chi connectivity index (χ1n) is 10.1. The van der Waals surface area contributed by atoms with Crippen LogP contribution in [0, 0.1) is 6.92 Å². The maximum Gasteiger partial charge on any atom is 0.224 e. The molecule has 0 radical (unpaired) electrons. The number of benzene rings is 1. The predicted octanol–water partition coefficient (Wildman–Crippen LogP) is 4.21. The second-order valence-corrected chi connectivity index (χ2v) is 7.21. The highest BCUT2D eigenvalue weighted by atomic mass is 16.1. The number of nitrogens with one attached hydrogen (secondary N) is 1. The number of carbonyl (C=O) groups is 1. The van der Waals surface area contributed by atoms with Gasteiger partial charge in [0.25, 0.3) is 0 Å². The van der Waals surface area contributed by atoms with Gasteiger partial charge in [0.05, 0.1) is 17.6 Å². The van der Waals surface area contributed by atoms with E-state index in [1.165, 1.54) is 0 Å². The molecule has 0 aliphatic heterocycles. The van der Waals surface area contributed by atoms with Gasteiger partial charge in [0.2, 0.25) is 5.91 Å². The second kappa shape index (κ2) is 10.4. The fraction of sp³-hybridized carbons (Fsp3) is 0.364. The summed E-state index contributed by atoms with van der Waals surface area (Å²) in [6, 6.07) is 11.3. The van der Waals surface area contributed by atoms with Crippen LogP contribution in [-0.2, 0) is 11.3 Å². The van der Waals surface area contributed by atoms with Crippen molar-refractivity contribution in [3.63, 3.8) is 0 Å². The molecule has 2 aromatic heterocycles. The number of nitrogens with zero attached hydrogens (tertiary/aromatic N) is 4. The summed E-state index contributed by atoms with van der Waals surface area (Å²) in [4.78, 5) is 16.3. The predicted molar refractivity (Wildman–Crippen MR) is 115 cm³/mol. The number of hydrogen-bond donors (Lipinski definition) is 2. The molecule has 0 saturated carbocycles. The summed E-state index contributed by atoms with van der Waals surface area (Å²) < 4.78 is 1.88. The molecule has 0 aliphatic carbocycles. The molecule has 0 spiro atoms. The van der Waals surface area contributed by atoms with Crippen LogP contribution in [0.25, 0.3) is 11.3 Å². The van der Waals surface area contributed by atoms with Crippen LogP contribution in [0.5, 0.6) is 0 Å². The Morgan fingerprint density at radius 2 is 1.86 bits per heavy atom. The third kappa shape index (κ3) is 6.41. The standard InChI is InChI=1S/C22H28N6O/c1-17-12-13-18(15-24-17)21-16-28(27-26-21)14-8-4-2-3-5-11-22(29)25-20-10-7-6-9-19(20)23/h6-7,9-10,12-13,15-16H,2-5,8,11,14,23H2,1H3,(H,25,29). The summed E-state index contributed by atoms with van der Waals surface area (Å²) in [5.41, 5.74) is 9.94. The summed E-state index contributed by atoms with van der Waals surface area (Å²) in [6.45, 7) is 2.81. The number of aromatic nitrogens is 4. The van der Waals surface area contributed by atoms with E-state index in [0.717, 1.165) is 55.6 Å². The molecule has 0 bridgehead atoms. The summed E-state index contributed by atoms with van der Waals surface area (Å²) in [5.74, 6) is 0.0173. The van der Waals surface area contributed by atoms with E-state index in [4.69, 9.17) is 5.73 Å². The summed E-state index contributed by atoms with van der Waals surface area (Å²) in [6.07, 6.45) is 9.48. The molecule has 1 amide bonds. The van der Waals surface area contributed by atoms with Gasteiger partial charge in [-0.2, -0.15) is 0 Å². The van der Waals surface area contributed by atoms with Crippen molar-refractivity contribution in [2.24, 2.45) is 0 Å². The third-order valence-electron chi connectivity index (χ3n) is 4.77. The van der Waals surface area contributed by atoms with Gasteiger partial charge in [-0.15, -0.1) is 5.10 Å². The molecule has 3 aromatic rings. The Balaban J connectivity index is 1.28. The molecule has 0 fully saturated rings. The van der Waals surface area contributed by atoms with Crippen LogP contribution in [0.3, 0.4) is 0 Å². The number of hydrogen-bond acceptors (Lipinski definition) is 5. The van der Waals surface area contributed by atoms with Gasteiger partial charge in [-0.05, 0) is 44.0 Å². The Kier molecular flexibility index (Phi) is 7.33. The molecular formula is C22H28N6O. The Hall–Kier alpha value is -3.22. The van der Waals surface area contributed by atoms with E-state index in [9.17, 15) is 4.79 Å². The largest absolute Gasteiger partial charge is 0.397 e. The van der Waals surface area contributed by atoms with E-state index in [1.807, 2.05) is 54.3 Å². The normalized spacial score (nSPS) is 10.8.